The highest BCUT2D eigenvalue weighted by Gasteiger charge is 2.08. The third-order valence-corrected chi connectivity index (χ3v) is 3.98. The maximum absolute atomic E-state index is 11.8. The minimum Gasteiger partial charge on any atom is -0.504 e. The summed E-state index contributed by atoms with van der Waals surface area (Å²) in [6.45, 7) is 1.59. The Morgan fingerprint density at radius 1 is 1.00 bits per heavy atom. The van der Waals surface area contributed by atoms with E-state index in [-0.39, 0.29) is 18.0 Å². The summed E-state index contributed by atoms with van der Waals surface area (Å²) in [6, 6.07) is 11.4. The number of phenols is 2. The Hall–Kier alpha value is -2.35. The summed E-state index contributed by atoms with van der Waals surface area (Å²) < 4.78 is 5.18. The molecule has 2 aromatic carbocycles. The van der Waals surface area contributed by atoms with Gasteiger partial charge in [-0.15, -0.1) is 23.2 Å². The second kappa shape index (κ2) is 10.7. The third kappa shape index (κ3) is 6.71. The van der Waals surface area contributed by atoms with Gasteiger partial charge in [-0.1, -0.05) is 6.07 Å². The van der Waals surface area contributed by atoms with Crippen LogP contribution in [0, 0.1) is 0 Å². The van der Waals surface area contributed by atoms with Crippen LogP contribution < -0.4 is 20.5 Å². The fourth-order valence-electron chi connectivity index (χ4n) is 2.33. The minimum atomic E-state index is -0.677. The largest absolute Gasteiger partial charge is 0.504 e. The topological polar surface area (TPSA) is 94.1 Å². The van der Waals surface area contributed by atoms with Gasteiger partial charge in [-0.2, -0.15) is 0 Å². The van der Waals surface area contributed by atoms with Crippen LogP contribution in [0.15, 0.2) is 42.5 Å². The van der Waals surface area contributed by atoms with Crippen LogP contribution in [-0.4, -0.2) is 41.2 Å². The first-order chi connectivity index (χ1) is 13.0. The van der Waals surface area contributed by atoms with Crippen molar-refractivity contribution >= 4 is 35.0 Å². The third-order valence-electron chi connectivity index (χ3n) is 3.64. The molecule has 0 saturated heterocycles. The summed E-state index contributed by atoms with van der Waals surface area (Å²) in [6.07, 6.45) is -0.677. The van der Waals surface area contributed by atoms with Crippen molar-refractivity contribution in [1.82, 2.24) is 10.9 Å². The van der Waals surface area contributed by atoms with Gasteiger partial charge >= 0.3 is 6.09 Å². The molecule has 0 fully saturated rings. The number of alkyl halides is 2. The number of amides is 1. The Labute approximate surface area is 167 Å². The number of rotatable bonds is 9. The Kier molecular flexibility index (Phi) is 8.32. The molecule has 9 heteroatoms. The van der Waals surface area contributed by atoms with E-state index in [1.54, 1.807) is 18.2 Å². The molecular formula is C18H21Cl2N3O4. The Balaban J connectivity index is 1.81. The van der Waals surface area contributed by atoms with Crippen LogP contribution >= 0.6 is 23.2 Å². The van der Waals surface area contributed by atoms with Crippen molar-refractivity contribution in [2.24, 2.45) is 0 Å². The number of benzene rings is 2. The Bertz CT molecular complexity index is 738. The lowest BCUT2D eigenvalue weighted by Gasteiger charge is -2.22. The van der Waals surface area contributed by atoms with Crippen molar-refractivity contribution in [3.8, 4) is 17.2 Å². The average Bonchev–Trinajstić information content (AvgIpc) is 2.65. The van der Waals surface area contributed by atoms with Crippen molar-refractivity contribution in [3.63, 3.8) is 0 Å². The van der Waals surface area contributed by atoms with E-state index in [4.69, 9.17) is 27.9 Å². The first kappa shape index (κ1) is 21.0. The number of aromatic hydroxyl groups is 2. The summed E-state index contributed by atoms with van der Waals surface area (Å²) in [7, 11) is 0. The van der Waals surface area contributed by atoms with E-state index in [9.17, 15) is 15.0 Å². The number of phenolic OH excluding ortho intramolecular Hbond substituents is 2. The molecule has 0 atom stereocenters. The number of carbonyl (C=O) groups is 1. The fourth-order valence-corrected chi connectivity index (χ4v) is 2.74. The SMILES string of the molecule is O=C(NNCc1ccc(O)c(O)c1)Oc1ccc(N(CCCl)CCCl)cc1. The van der Waals surface area contributed by atoms with Gasteiger partial charge in [0.05, 0.1) is 0 Å². The molecule has 0 unspecified atom stereocenters. The molecule has 7 nitrogen and oxygen atoms in total. The lowest BCUT2D eigenvalue weighted by atomic mass is 10.2. The van der Waals surface area contributed by atoms with Crippen molar-refractivity contribution in [2.75, 3.05) is 29.7 Å². The maximum atomic E-state index is 11.8. The van der Waals surface area contributed by atoms with Gasteiger partial charge in [0, 0.05) is 37.1 Å². The molecule has 2 aromatic rings. The van der Waals surface area contributed by atoms with Gasteiger partial charge < -0.3 is 19.8 Å². The molecule has 0 heterocycles. The maximum Gasteiger partial charge on any atom is 0.427 e. The number of hydrogen-bond donors (Lipinski definition) is 4. The van der Waals surface area contributed by atoms with Gasteiger partial charge in [-0.05, 0) is 42.0 Å². The normalized spacial score (nSPS) is 10.4. The summed E-state index contributed by atoms with van der Waals surface area (Å²) in [4.78, 5) is 13.9. The number of nitrogens with zero attached hydrogens (tertiary/aromatic N) is 1. The van der Waals surface area contributed by atoms with Crippen molar-refractivity contribution in [2.45, 2.75) is 6.54 Å². The Morgan fingerprint density at radius 2 is 1.67 bits per heavy atom. The van der Waals surface area contributed by atoms with Gasteiger partial charge in [0.1, 0.15) is 5.75 Å². The number of nitrogens with one attached hydrogen (secondary N) is 2. The summed E-state index contributed by atoms with van der Waals surface area (Å²) in [5.41, 5.74) is 6.68. The van der Waals surface area contributed by atoms with E-state index in [2.05, 4.69) is 10.9 Å². The van der Waals surface area contributed by atoms with Crippen LogP contribution in [0.5, 0.6) is 17.2 Å². The summed E-state index contributed by atoms with van der Waals surface area (Å²) in [5, 5.41) is 18.7. The van der Waals surface area contributed by atoms with Gasteiger partial charge in [0.2, 0.25) is 0 Å². The monoisotopic (exact) mass is 413 g/mol. The van der Waals surface area contributed by atoms with Crippen LogP contribution in [0.1, 0.15) is 5.56 Å². The molecule has 4 N–H and O–H groups in total. The second-order valence-corrected chi connectivity index (χ2v) is 6.31. The predicted octanol–water partition coefficient (Wildman–Crippen LogP) is 3.18. The standard InChI is InChI=1S/C18H21Cl2N3O4/c19-7-9-23(10-8-20)14-2-4-15(5-3-14)27-18(26)22-21-12-13-1-6-16(24)17(25)11-13/h1-6,11,21,24-25H,7-10,12H2,(H,22,26). The molecule has 0 aliphatic heterocycles. The second-order valence-electron chi connectivity index (χ2n) is 5.55. The van der Waals surface area contributed by atoms with Crippen molar-refractivity contribution in [1.29, 1.82) is 0 Å². The number of halogens is 2. The number of hydrogen-bond acceptors (Lipinski definition) is 6. The number of carbonyl (C=O) groups excluding carboxylic acids is 1. The zero-order valence-electron chi connectivity index (χ0n) is 14.5. The zero-order valence-corrected chi connectivity index (χ0v) is 16.0. The van der Waals surface area contributed by atoms with Crippen LogP contribution in [0.25, 0.3) is 0 Å². The van der Waals surface area contributed by atoms with E-state index < -0.39 is 6.09 Å². The number of hydrazine groups is 1. The Morgan fingerprint density at radius 3 is 2.26 bits per heavy atom. The predicted molar refractivity (Wildman–Crippen MR) is 106 cm³/mol. The molecule has 0 saturated carbocycles. The summed E-state index contributed by atoms with van der Waals surface area (Å²) >= 11 is 11.6. The lowest BCUT2D eigenvalue weighted by Crippen LogP contribution is -2.38. The molecule has 0 aromatic heterocycles. The van der Waals surface area contributed by atoms with E-state index in [0.717, 1.165) is 5.69 Å². The molecule has 1 amide bonds. The van der Waals surface area contributed by atoms with Gasteiger partial charge in [-0.25, -0.2) is 10.2 Å². The molecular weight excluding hydrogens is 393 g/mol. The van der Waals surface area contributed by atoms with Crippen LogP contribution in [0.4, 0.5) is 10.5 Å². The number of anilines is 1. The van der Waals surface area contributed by atoms with Gasteiger partial charge in [0.25, 0.3) is 0 Å². The molecule has 27 heavy (non-hydrogen) atoms. The molecule has 0 spiro atoms. The van der Waals surface area contributed by atoms with Crippen LogP contribution in [-0.2, 0) is 6.54 Å². The highest BCUT2D eigenvalue weighted by molar-refractivity contribution is 6.18. The first-order valence-electron chi connectivity index (χ1n) is 8.22. The van der Waals surface area contributed by atoms with Crippen molar-refractivity contribution in [3.05, 3.63) is 48.0 Å². The smallest absolute Gasteiger partial charge is 0.427 e. The zero-order chi connectivity index (χ0) is 19.6. The molecule has 2 rings (SSSR count). The van der Waals surface area contributed by atoms with E-state index >= 15 is 0 Å². The number of ether oxygens (including phenoxy) is 1. The molecule has 0 radical (unpaired) electrons. The quantitative estimate of drug-likeness (QED) is 0.286. The average molecular weight is 414 g/mol. The molecule has 0 bridgehead atoms. The molecule has 146 valence electrons. The van der Waals surface area contributed by atoms with Crippen LogP contribution in [0.3, 0.4) is 0 Å². The van der Waals surface area contributed by atoms with Crippen molar-refractivity contribution < 1.29 is 19.7 Å². The van der Waals surface area contributed by atoms with Gasteiger partial charge in [0.15, 0.2) is 11.5 Å². The minimum absolute atomic E-state index is 0.203. The van der Waals surface area contributed by atoms with Gasteiger partial charge in [-0.3, -0.25) is 5.43 Å². The highest BCUT2D eigenvalue weighted by atomic mass is 35.5. The van der Waals surface area contributed by atoms with E-state index in [0.29, 0.717) is 36.2 Å². The summed E-state index contributed by atoms with van der Waals surface area (Å²) in [5.74, 6) is 0.931. The lowest BCUT2D eigenvalue weighted by molar-refractivity contribution is 0.195. The first-order valence-corrected chi connectivity index (χ1v) is 9.29. The highest BCUT2D eigenvalue weighted by Crippen LogP contribution is 2.24. The molecule has 0 aliphatic rings. The van der Waals surface area contributed by atoms with E-state index in [1.165, 1.54) is 12.1 Å². The fraction of sp³-hybridized carbons (Fsp3) is 0.278. The molecule has 0 aliphatic carbocycles. The van der Waals surface area contributed by atoms with Crippen LogP contribution in [0.2, 0.25) is 0 Å². The van der Waals surface area contributed by atoms with E-state index in [1.807, 2.05) is 17.0 Å².